The summed E-state index contributed by atoms with van der Waals surface area (Å²) in [7, 11) is 6.52. The Hall–Kier alpha value is -2.79. The topological polar surface area (TPSA) is 51.3 Å². The average molecular weight is 396 g/mol. The van der Waals surface area contributed by atoms with E-state index in [4.69, 9.17) is 9.47 Å². The monoisotopic (exact) mass is 395 g/mol. The first-order valence-corrected chi connectivity index (χ1v) is 10.2. The first kappa shape index (κ1) is 20.9. The van der Waals surface area contributed by atoms with Crippen molar-refractivity contribution in [3.05, 3.63) is 59.8 Å². The van der Waals surface area contributed by atoms with Gasteiger partial charge in [0, 0.05) is 23.5 Å². The number of nitrogens with zero attached hydrogens (tertiary/aromatic N) is 1. The number of rotatable bonds is 9. The van der Waals surface area contributed by atoms with Gasteiger partial charge in [0.25, 0.3) is 0 Å². The molecule has 0 fully saturated rings. The molecular formula is C24H31N2O3+. The van der Waals surface area contributed by atoms with Gasteiger partial charge in [-0.15, -0.1) is 0 Å². The summed E-state index contributed by atoms with van der Waals surface area (Å²) in [4.78, 5) is 16.0. The smallest absolute Gasteiger partial charge is 0.343 e. The van der Waals surface area contributed by atoms with Crippen molar-refractivity contribution >= 4 is 16.9 Å². The molecule has 0 spiro atoms. The number of fused-ring (bicyclic) bond motifs is 1. The third-order valence-corrected chi connectivity index (χ3v) is 4.86. The second kappa shape index (κ2) is 9.14. The summed E-state index contributed by atoms with van der Waals surface area (Å²) in [5.74, 6) is 0.995. The Morgan fingerprint density at radius 1 is 1.07 bits per heavy atom. The molecule has 0 saturated heterocycles. The Labute approximate surface area is 172 Å². The molecule has 0 saturated carbocycles. The van der Waals surface area contributed by atoms with Crippen molar-refractivity contribution in [2.75, 3.05) is 34.3 Å². The van der Waals surface area contributed by atoms with Crippen LogP contribution in [0.2, 0.25) is 0 Å². The number of unbranched alkanes of at least 4 members (excludes halogenated alkanes) is 1. The second-order valence-corrected chi connectivity index (χ2v) is 8.37. The number of aromatic amines is 1. The molecule has 1 heterocycles. The molecule has 1 aromatic heterocycles. The second-order valence-electron chi connectivity index (χ2n) is 8.37. The van der Waals surface area contributed by atoms with Crippen molar-refractivity contribution in [2.24, 2.45) is 0 Å². The molecule has 29 heavy (non-hydrogen) atoms. The molecule has 3 aromatic rings. The predicted molar refractivity (Wildman–Crippen MR) is 117 cm³/mol. The van der Waals surface area contributed by atoms with E-state index in [0.29, 0.717) is 17.9 Å². The van der Waals surface area contributed by atoms with Gasteiger partial charge >= 0.3 is 5.97 Å². The molecule has 0 radical (unpaired) electrons. The van der Waals surface area contributed by atoms with E-state index in [9.17, 15) is 4.79 Å². The van der Waals surface area contributed by atoms with Gasteiger partial charge in [0.05, 0.1) is 39.9 Å². The first-order chi connectivity index (χ1) is 13.9. The third-order valence-electron chi connectivity index (χ3n) is 4.86. The standard InChI is InChI=1S/C24H31N2O3/c1-5-6-16-28-20-12-10-18(11-13-20)24(27)29-22-9-7-8-21-23(22)19(17-25-21)14-15-26(2,3)4/h7-13,17,25H,5-6,14-16H2,1-4H3/q+1. The molecule has 0 bridgehead atoms. The minimum atomic E-state index is -0.364. The van der Waals surface area contributed by atoms with Crippen LogP contribution in [-0.4, -0.2) is 49.7 Å². The Bertz CT molecular complexity index is 952. The molecule has 0 aliphatic rings. The number of esters is 1. The van der Waals surface area contributed by atoms with Gasteiger partial charge in [0.15, 0.2) is 0 Å². The largest absolute Gasteiger partial charge is 0.494 e. The maximum absolute atomic E-state index is 12.7. The molecular weight excluding hydrogens is 364 g/mol. The number of ether oxygens (including phenoxy) is 2. The average Bonchev–Trinajstić information content (AvgIpc) is 3.11. The third kappa shape index (κ3) is 5.61. The maximum atomic E-state index is 12.7. The van der Waals surface area contributed by atoms with Crippen LogP contribution in [0, 0.1) is 0 Å². The zero-order chi connectivity index (χ0) is 20.9. The highest BCUT2D eigenvalue weighted by Crippen LogP contribution is 2.30. The summed E-state index contributed by atoms with van der Waals surface area (Å²) >= 11 is 0. The van der Waals surface area contributed by atoms with Crippen LogP contribution in [0.1, 0.15) is 35.7 Å². The quantitative estimate of drug-likeness (QED) is 0.245. The summed E-state index contributed by atoms with van der Waals surface area (Å²) in [5, 5.41) is 0.980. The first-order valence-electron chi connectivity index (χ1n) is 10.2. The van der Waals surface area contributed by atoms with Gasteiger partial charge in [-0.25, -0.2) is 4.79 Å². The zero-order valence-electron chi connectivity index (χ0n) is 17.8. The number of likely N-dealkylation sites (N-methyl/N-ethyl adjacent to an activating group) is 1. The van der Waals surface area contributed by atoms with Gasteiger partial charge in [-0.3, -0.25) is 0 Å². The van der Waals surface area contributed by atoms with Crippen molar-refractivity contribution in [1.29, 1.82) is 0 Å². The summed E-state index contributed by atoms with van der Waals surface area (Å²) in [6, 6.07) is 12.9. The van der Waals surface area contributed by atoms with Crippen molar-refractivity contribution in [1.82, 2.24) is 4.98 Å². The number of hydrogen-bond acceptors (Lipinski definition) is 3. The fraction of sp³-hybridized carbons (Fsp3) is 0.375. The van der Waals surface area contributed by atoms with Gasteiger partial charge < -0.3 is 18.9 Å². The number of nitrogens with one attached hydrogen (secondary N) is 1. The predicted octanol–water partition coefficient (Wildman–Crippen LogP) is 4.81. The Kier molecular flexibility index (Phi) is 6.60. The molecule has 0 unspecified atom stereocenters. The van der Waals surface area contributed by atoms with Gasteiger partial charge in [0.2, 0.25) is 0 Å². The number of aromatic nitrogens is 1. The minimum absolute atomic E-state index is 0.364. The molecule has 0 aliphatic heterocycles. The van der Waals surface area contributed by atoms with E-state index in [0.717, 1.165) is 52.5 Å². The lowest BCUT2D eigenvalue weighted by Gasteiger charge is -2.23. The van der Waals surface area contributed by atoms with Gasteiger partial charge in [-0.2, -0.15) is 0 Å². The molecule has 5 heteroatoms. The number of H-pyrrole nitrogens is 1. The van der Waals surface area contributed by atoms with E-state index < -0.39 is 0 Å². The van der Waals surface area contributed by atoms with Crippen LogP contribution in [0.3, 0.4) is 0 Å². The Morgan fingerprint density at radius 3 is 2.52 bits per heavy atom. The van der Waals surface area contributed by atoms with Crippen LogP contribution in [0.4, 0.5) is 0 Å². The highest BCUT2D eigenvalue weighted by atomic mass is 16.5. The van der Waals surface area contributed by atoms with E-state index in [2.05, 4.69) is 33.1 Å². The van der Waals surface area contributed by atoms with Crippen LogP contribution >= 0.6 is 0 Å². The van der Waals surface area contributed by atoms with Crippen molar-refractivity contribution in [2.45, 2.75) is 26.2 Å². The SMILES string of the molecule is CCCCOc1ccc(C(=O)Oc2cccc3[nH]cc(CC[N+](C)(C)C)c23)cc1. The van der Waals surface area contributed by atoms with Crippen LogP contribution in [0.15, 0.2) is 48.7 Å². The molecule has 0 aliphatic carbocycles. The molecule has 0 atom stereocenters. The van der Waals surface area contributed by atoms with Crippen LogP contribution in [0.25, 0.3) is 10.9 Å². The van der Waals surface area contributed by atoms with Gasteiger partial charge in [-0.05, 0) is 48.4 Å². The van der Waals surface area contributed by atoms with E-state index in [1.54, 1.807) is 12.1 Å². The van der Waals surface area contributed by atoms with E-state index >= 15 is 0 Å². The molecule has 1 N–H and O–H groups in total. The number of hydrogen-bond donors (Lipinski definition) is 1. The lowest BCUT2D eigenvalue weighted by atomic mass is 10.1. The van der Waals surface area contributed by atoms with E-state index in [1.165, 1.54) is 0 Å². The van der Waals surface area contributed by atoms with E-state index in [-0.39, 0.29) is 5.97 Å². The molecule has 154 valence electrons. The Morgan fingerprint density at radius 2 is 1.83 bits per heavy atom. The fourth-order valence-corrected chi connectivity index (χ4v) is 3.14. The number of carbonyl (C=O) groups excluding carboxylic acids is 1. The number of carbonyl (C=O) groups is 1. The summed E-state index contributed by atoms with van der Waals surface area (Å²) < 4.78 is 12.3. The van der Waals surface area contributed by atoms with Crippen molar-refractivity contribution in [3.63, 3.8) is 0 Å². The van der Waals surface area contributed by atoms with Crippen LogP contribution in [0.5, 0.6) is 11.5 Å². The lowest BCUT2D eigenvalue weighted by Crippen LogP contribution is -2.36. The molecule has 5 nitrogen and oxygen atoms in total. The summed E-state index contributed by atoms with van der Waals surface area (Å²) in [6.07, 6.45) is 5.02. The van der Waals surface area contributed by atoms with Crippen LogP contribution in [-0.2, 0) is 6.42 Å². The maximum Gasteiger partial charge on any atom is 0.343 e. The van der Waals surface area contributed by atoms with E-state index in [1.807, 2.05) is 36.5 Å². The van der Waals surface area contributed by atoms with Gasteiger partial charge in [0.1, 0.15) is 11.5 Å². The lowest BCUT2D eigenvalue weighted by molar-refractivity contribution is -0.870. The normalized spacial score (nSPS) is 11.6. The fourth-order valence-electron chi connectivity index (χ4n) is 3.14. The van der Waals surface area contributed by atoms with Crippen LogP contribution < -0.4 is 9.47 Å². The summed E-state index contributed by atoms with van der Waals surface area (Å²) in [5.41, 5.74) is 2.65. The molecule has 2 aromatic carbocycles. The highest BCUT2D eigenvalue weighted by Gasteiger charge is 2.16. The van der Waals surface area contributed by atoms with Crippen molar-refractivity contribution in [3.8, 4) is 11.5 Å². The zero-order valence-corrected chi connectivity index (χ0v) is 17.8. The summed E-state index contributed by atoms with van der Waals surface area (Å²) in [6.45, 7) is 3.81. The van der Waals surface area contributed by atoms with Crippen molar-refractivity contribution < 1.29 is 18.8 Å². The molecule has 3 rings (SSSR count). The Balaban J connectivity index is 1.75. The van der Waals surface area contributed by atoms with Gasteiger partial charge in [-0.1, -0.05) is 19.4 Å². The highest BCUT2D eigenvalue weighted by molar-refractivity contribution is 5.96. The number of quaternary nitrogens is 1. The molecule has 0 amide bonds. The number of benzene rings is 2. The minimum Gasteiger partial charge on any atom is -0.494 e.